The Morgan fingerprint density at radius 3 is 3.00 bits per heavy atom. The maximum Gasteiger partial charge on any atom is 0.205 e. The number of halogens is 1. The fraction of sp³-hybridized carbons (Fsp3) is 0. The van der Waals surface area contributed by atoms with Gasteiger partial charge in [0, 0.05) is 9.85 Å². The molecule has 0 atom stereocenters. The van der Waals surface area contributed by atoms with Crippen molar-refractivity contribution >= 4 is 55.2 Å². The van der Waals surface area contributed by atoms with Crippen molar-refractivity contribution in [1.82, 2.24) is 4.98 Å². The molecule has 1 aromatic heterocycles. The van der Waals surface area contributed by atoms with Gasteiger partial charge in [-0.05, 0) is 28.5 Å². The lowest BCUT2D eigenvalue weighted by atomic mass is 10.1. The molecular weight excluding hydrogens is 336 g/mol. The molecule has 0 amide bonds. The van der Waals surface area contributed by atoms with Crippen molar-refractivity contribution in [1.29, 1.82) is 0 Å². The van der Waals surface area contributed by atoms with E-state index in [0.29, 0.717) is 10.9 Å². The summed E-state index contributed by atoms with van der Waals surface area (Å²) in [6.45, 7) is 0. The van der Waals surface area contributed by atoms with Crippen LogP contribution in [0.5, 0.6) is 0 Å². The normalized spacial score (nSPS) is 11.2. The zero-order valence-electron chi connectivity index (χ0n) is 10.4. The number of thiazole rings is 1. The molecule has 0 aliphatic heterocycles. The molecule has 0 spiro atoms. The number of hydrogen-bond acceptors (Lipinski definition) is 5. The number of nitrogens with two attached hydrogens (primary N) is 1. The van der Waals surface area contributed by atoms with Gasteiger partial charge in [0.15, 0.2) is 0 Å². The number of nitrogens with one attached hydrogen (secondary N) is 1. The van der Waals surface area contributed by atoms with E-state index in [1.165, 1.54) is 16.7 Å². The van der Waals surface area contributed by atoms with Crippen molar-refractivity contribution < 1.29 is 0 Å². The molecule has 1 heterocycles. The number of nitrogens with zero attached hydrogens (tertiary/aromatic N) is 2. The number of rotatable bonds is 3. The predicted octanol–water partition coefficient (Wildman–Crippen LogP) is 4.09. The molecule has 0 aliphatic carbocycles. The maximum atomic E-state index is 5.54. The van der Waals surface area contributed by atoms with Gasteiger partial charge in [-0.25, -0.2) is 4.98 Å². The summed E-state index contributed by atoms with van der Waals surface area (Å²) in [7, 11) is 0. The van der Waals surface area contributed by atoms with Gasteiger partial charge in [0.05, 0.1) is 6.21 Å². The molecule has 0 radical (unpaired) electrons. The number of benzene rings is 2. The standard InChI is InChI=1S/C14H11BrN4S/c15-12-3-1-2-10-5-4-9(6-11(10)12)7-17-19-14-18-13(16)8-20-14/h1-8H,16H2,(H,18,19). The Kier molecular flexibility index (Phi) is 3.66. The molecule has 0 aliphatic rings. The molecule has 3 rings (SSSR count). The number of hydrazone groups is 1. The van der Waals surface area contributed by atoms with Crippen LogP contribution < -0.4 is 11.2 Å². The van der Waals surface area contributed by atoms with Gasteiger partial charge < -0.3 is 5.73 Å². The molecule has 0 fully saturated rings. The minimum Gasteiger partial charge on any atom is -0.383 e. The zero-order chi connectivity index (χ0) is 13.9. The Balaban J connectivity index is 1.82. The highest BCUT2D eigenvalue weighted by Gasteiger charge is 1.99. The molecule has 4 nitrogen and oxygen atoms in total. The van der Waals surface area contributed by atoms with Crippen LogP contribution in [-0.2, 0) is 0 Å². The first-order valence-corrected chi connectivity index (χ1v) is 7.58. The van der Waals surface area contributed by atoms with Gasteiger partial charge in [-0.3, -0.25) is 5.43 Å². The Morgan fingerprint density at radius 2 is 2.20 bits per heavy atom. The molecule has 6 heteroatoms. The summed E-state index contributed by atoms with van der Waals surface area (Å²) in [6.07, 6.45) is 1.76. The van der Waals surface area contributed by atoms with Gasteiger partial charge in [-0.15, -0.1) is 11.3 Å². The van der Waals surface area contributed by atoms with E-state index in [4.69, 9.17) is 5.73 Å². The number of nitrogen functional groups attached to an aromatic ring is 1. The minimum atomic E-state index is 0.502. The summed E-state index contributed by atoms with van der Waals surface area (Å²) >= 11 is 4.98. The summed E-state index contributed by atoms with van der Waals surface area (Å²) < 4.78 is 1.07. The third-order valence-corrected chi connectivity index (χ3v) is 4.21. The molecule has 0 bridgehead atoms. The van der Waals surface area contributed by atoms with E-state index in [2.05, 4.69) is 49.6 Å². The third kappa shape index (κ3) is 2.81. The molecule has 2 aromatic carbocycles. The lowest BCUT2D eigenvalue weighted by molar-refractivity contribution is 1.29. The minimum absolute atomic E-state index is 0.502. The van der Waals surface area contributed by atoms with E-state index >= 15 is 0 Å². The summed E-state index contributed by atoms with van der Waals surface area (Å²) in [6, 6.07) is 12.3. The second-order valence-corrected chi connectivity index (χ2v) is 5.88. The van der Waals surface area contributed by atoms with E-state index in [9.17, 15) is 0 Å². The van der Waals surface area contributed by atoms with E-state index in [1.54, 1.807) is 11.6 Å². The van der Waals surface area contributed by atoms with Gasteiger partial charge in [-0.1, -0.05) is 40.2 Å². The van der Waals surface area contributed by atoms with Crippen LogP contribution >= 0.6 is 27.3 Å². The zero-order valence-corrected chi connectivity index (χ0v) is 12.8. The van der Waals surface area contributed by atoms with Gasteiger partial charge in [0.1, 0.15) is 5.82 Å². The topological polar surface area (TPSA) is 63.3 Å². The van der Waals surface area contributed by atoms with Crippen molar-refractivity contribution in [2.75, 3.05) is 11.2 Å². The van der Waals surface area contributed by atoms with E-state index in [-0.39, 0.29) is 0 Å². The molecular formula is C14H11BrN4S. The lowest BCUT2D eigenvalue weighted by Gasteiger charge is -2.01. The largest absolute Gasteiger partial charge is 0.383 e. The Labute approximate surface area is 128 Å². The average molecular weight is 347 g/mol. The van der Waals surface area contributed by atoms with Crippen LogP contribution in [0.1, 0.15) is 5.56 Å². The molecule has 0 saturated carbocycles. The van der Waals surface area contributed by atoms with Crippen LogP contribution in [0.25, 0.3) is 10.8 Å². The summed E-state index contributed by atoms with van der Waals surface area (Å²) in [4.78, 5) is 4.07. The van der Waals surface area contributed by atoms with Crippen LogP contribution in [-0.4, -0.2) is 11.2 Å². The monoisotopic (exact) mass is 346 g/mol. The van der Waals surface area contributed by atoms with Gasteiger partial charge in [0.2, 0.25) is 5.13 Å². The molecule has 0 saturated heterocycles. The van der Waals surface area contributed by atoms with E-state index in [0.717, 1.165) is 15.4 Å². The highest BCUT2D eigenvalue weighted by molar-refractivity contribution is 9.10. The van der Waals surface area contributed by atoms with Crippen molar-refractivity contribution in [2.45, 2.75) is 0 Å². The first-order valence-electron chi connectivity index (χ1n) is 5.91. The second kappa shape index (κ2) is 5.60. The van der Waals surface area contributed by atoms with Crippen LogP contribution in [0.15, 0.2) is 51.4 Å². The Morgan fingerprint density at radius 1 is 1.30 bits per heavy atom. The number of anilines is 2. The maximum absolute atomic E-state index is 5.54. The number of hydrogen-bond donors (Lipinski definition) is 2. The third-order valence-electron chi connectivity index (χ3n) is 2.75. The van der Waals surface area contributed by atoms with Crippen molar-refractivity contribution in [3.05, 3.63) is 51.8 Å². The SMILES string of the molecule is Nc1csc(NN=Cc2ccc3cccc(Br)c3c2)n1. The summed E-state index contributed by atoms with van der Waals surface area (Å²) in [5.41, 5.74) is 9.42. The van der Waals surface area contributed by atoms with Crippen LogP contribution in [0, 0.1) is 0 Å². The quantitative estimate of drug-likeness (QED) is 0.554. The molecule has 3 N–H and O–H groups in total. The highest BCUT2D eigenvalue weighted by atomic mass is 79.9. The molecule has 20 heavy (non-hydrogen) atoms. The second-order valence-electron chi connectivity index (χ2n) is 4.17. The smallest absolute Gasteiger partial charge is 0.205 e. The van der Waals surface area contributed by atoms with Gasteiger partial charge >= 0.3 is 0 Å². The number of aromatic nitrogens is 1. The van der Waals surface area contributed by atoms with Crippen molar-refractivity contribution in [3.63, 3.8) is 0 Å². The molecule has 100 valence electrons. The van der Waals surface area contributed by atoms with Crippen LogP contribution in [0.3, 0.4) is 0 Å². The van der Waals surface area contributed by atoms with Gasteiger partial charge in [-0.2, -0.15) is 5.10 Å². The summed E-state index contributed by atoms with van der Waals surface area (Å²) in [5.74, 6) is 0.502. The molecule has 0 unspecified atom stereocenters. The summed E-state index contributed by atoms with van der Waals surface area (Å²) in [5, 5.41) is 8.97. The van der Waals surface area contributed by atoms with E-state index < -0.39 is 0 Å². The Hall–Kier alpha value is -1.92. The first-order chi connectivity index (χ1) is 9.72. The van der Waals surface area contributed by atoms with Crippen molar-refractivity contribution in [3.8, 4) is 0 Å². The Bertz CT molecular complexity index is 782. The van der Waals surface area contributed by atoms with Gasteiger partial charge in [0.25, 0.3) is 0 Å². The fourth-order valence-electron chi connectivity index (χ4n) is 1.83. The fourth-order valence-corrected chi connectivity index (χ4v) is 2.88. The van der Waals surface area contributed by atoms with E-state index in [1.807, 2.05) is 18.2 Å². The first kappa shape index (κ1) is 13.1. The highest BCUT2D eigenvalue weighted by Crippen LogP contribution is 2.24. The average Bonchev–Trinajstić information content (AvgIpc) is 2.85. The predicted molar refractivity (Wildman–Crippen MR) is 89.4 cm³/mol. The number of fused-ring (bicyclic) bond motifs is 1. The van der Waals surface area contributed by atoms with Crippen molar-refractivity contribution in [2.24, 2.45) is 5.10 Å². The van der Waals surface area contributed by atoms with Crippen LogP contribution in [0.2, 0.25) is 0 Å². The van der Waals surface area contributed by atoms with Crippen LogP contribution in [0.4, 0.5) is 10.9 Å². The molecule has 3 aromatic rings. The lowest BCUT2D eigenvalue weighted by Crippen LogP contribution is -1.91.